The Kier molecular flexibility index (Phi) is 8.44. The van der Waals surface area contributed by atoms with Gasteiger partial charge in [0.05, 0.1) is 29.3 Å². The molecule has 5 rings (SSSR count). The van der Waals surface area contributed by atoms with Gasteiger partial charge in [-0.2, -0.15) is 0 Å². The first-order chi connectivity index (χ1) is 19.8. The van der Waals surface area contributed by atoms with E-state index in [0.717, 1.165) is 22.7 Å². The van der Waals surface area contributed by atoms with Crippen LogP contribution in [-0.4, -0.2) is 54.4 Å². The number of fused-ring (bicyclic) bond motifs is 1. The van der Waals surface area contributed by atoms with Crippen molar-refractivity contribution >= 4 is 55.8 Å². The normalized spacial score (nSPS) is 15.5. The van der Waals surface area contributed by atoms with Gasteiger partial charge < -0.3 is 19.1 Å². The molecule has 1 saturated heterocycles. The van der Waals surface area contributed by atoms with Gasteiger partial charge in [-0.1, -0.05) is 44.0 Å². The number of sulfonamides is 1. The topological polar surface area (TPSA) is 111 Å². The third-order valence-corrected chi connectivity index (χ3v) is 9.25. The predicted molar refractivity (Wildman–Crippen MR) is 163 cm³/mol. The number of carboxylic acid groups (broad SMARTS) is 1. The second-order valence-corrected chi connectivity index (χ2v) is 13.9. The molecule has 0 saturated carbocycles. The van der Waals surface area contributed by atoms with Crippen molar-refractivity contribution in [2.75, 3.05) is 17.5 Å². The number of aromatic nitrogens is 2. The van der Waals surface area contributed by atoms with Crippen LogP contribution in [0, 0.1) is 5.41 Å². The van der Waals surface area contributed by atoms with Crippen LogP contribution in [-0.2, 0) is 19.6 Å². The number of nitrogens with zero attached hydrogens (tertiary/aromatic N) is 3. The Morgan fingerprint density at radius 2 is 1.76 bits per heavy atom. The summed E-state index contributed by atoms with van der Waals surface area (Å²) < 4.78 is 42.6. The molecule has 0 spiro atoms. The summed E-state index contributed by atoms with van der Waals surface area (Å²) in [5, 5.41) is 11.2. The summed E-state index contributed by atoms with van der Waals surface area (Å²) in [6, 6.07) is 13.0. The lowest BCUT2D eigenvalue weighted by atomic mass is 9.86. The van der Waals surface area contributed by atoms with Gasteiger partial charge in [0.15, 0.2) is 0 Å². The fraction of sp³-hybridized carbons (Fsp3) is 0.333. The van der Waals surface area contributed by atoms with Crippen LogP contribution in [0.5, 0.6) is 5.75 Å². The highest BCUT2D eigenvalue weighted by Gasteiger charge is 2.43. The third kappa shape index (κ3) is 6.22. The van der Waals surface area contributed by atoms with Gasteiger partial charge in [0, 0.05) is 46.7 Å². The Morgan fingerprint density at radius 1 is 1.07 bits per heavy atom. The monoisotopic (exact) mass is 631 g/mol. The lowest BCUT2D eigenvalue weighted by molar-refractivity contribution is -0.140. The van der Waals surface area contributed by atoms with E-state index in [0.29, 0.717) is 30.2 Å². The number of pyridine rings is 1. The van der Waals surface area contributed by atoms with Crippen molar-refractivity contribution in [3.05, 3.63) is 77.0 Å². The lowest BCUT2D eigenvalue weighted by Gasteiger charge is -2.37. The molecule has 42 heavy (non-hydrogen) atoms. The summed E-state index contributed by atoms with van der Waals surface area (Å²) in [5.74, 6) is 0.0261. The molecule has 1 fully saturated rings. The molecule has 1 aliphatic heterocycles. The van der Waals surface area contributed by atoms with E-state index >= 15 is 0 Å². The second kappa shape index (κ2) is 11.8. The van der Waals surface area contributed by atoms with E-state index in [4.69, 9.17) is 32.7 Å². The predicted octanol–water partition coefficient (Wildman–Crippen LogP) is 6.58. The summed E-state index contributed by atoms with van der Waals surface area (Å²) in [5.41, 5.74) is -0.0414. The van der Waals surface area contributed by atoms with E-state index in [9.17, 15) is 18.3 Å². The molecule has 1 atom stereocenters. The molecule has 0 amide bonds. The zero-order valence-corrected chi connectivity index (χ0v) is 25.7. The SMILES string of the molecule is CC(C)(C)C(C(=O)O)N(c1ccc2c(ccn2-c2cc(OC3CCOCC3)ccn2)c1)S(=O)(=O)c1cc(Cl)cc(Cl)c1. The van der Waals surface area contributed by atoms with Gasteiger partial charge in [-0.05, 0) is 53.9 Å². The largest absolute Gasteiger partial charge is 0.490 e. The molecule has 1 N–H and O–H groups in total. The molecular weight excluding hydrogens is 601 g/mol. The van der Waals surface area contributed by atoms with Crippen molar-refractivity contribution in [3.8, 4) is 11.6 Å². The number of halogens is 2. The number of ether oxygens (including phenoxy) is 2. The molecule has 4 aromatic rings. The molecule has 3 heterocycles. The summed E-state index contributed by atoms with van der Waals surface area (Å²) in [6.45, 7) is 6.37. The first kappa shape index (κ1) is 30.2. The highest BCUT2D eigenvalue weighted by molar-refractivity contribution is 7.93. The van der Waals surface area contributed by atoms with Gasteiger partial charge >= 0.3 is 5.97 Å². The third-order valence-electron chi connectivity index (χ3n) is 7.04. The summed E-state index contributed by atoms with van der Waals surface area (Å²) in [7, 11) is -4.42. The van der Waals surface area contributed by atoms with Crippen molar-refractivity contribution < 1.29 is 27.8 Å². The smallest absolute Gasteiger partial charge is 0.328 e. The molecule has 12 heteroatoms. The van der Waals surface area contributed by atoms with E-state index in [1.54, 1.807) is 45.2 Å². The van der Waals surface area contributed by atoms with Crippen LogP contribution in [0.25, 0.3) is 16.7 Å². The zero-order valence-electron chi connectivity index (χ0n) is 23.3. The number of benzene rings is 2. The molecule has 0 radical (unpaired) electrons. The molecule has 1 aliphatic rings. The molecule has 9 nitrogen and oxygen atoms in total. The summed E-state index contributed by atoms with van der Waals surface area (Å²) in [4.78, 5) is 16.9. The van der Waals surface area contributed by atoms with Crippen LogP contribution in [0.1, 0.15) is 33.6 Å². The number of anilines is 1. The van der Waals surface area contributed by atoms with Crippen molar-refractivity contribution in [1.82, 2.24) is 9.55 Å². The maximum Gasteiger partial charge on any atom is 0.328 e. The van der Waals surface area contributed by atoms with Gasteiger partial charge in [-0.15, -0.1) is 0 Å². The first-order valence-corrected chi connectivity index (χ1v) is 15.6. The fourth-order valence-corrected chi connectivity index (χ4v) is 7.61. The highest BCUT2D eigenvalue weighted by atomic mass is 35.5. The number of hydrogen-bond donors (Lipinski definition) is 1. The first-order valence-electron chi connectivity index (χ1n) is 13.4. The Hall–Kier alpha value is -3.31. The lowest BCUT2D eigenvalue weighted by Crippen LogP contribution is -2.52. The molecule has 2 aromatic heterocycles. The van der Waals surface area contributed by atoms with Crippen molar-refractivity contribution in [1.29, 1.82) is 0 Å². The zero-order chi connectivity index (χ0) is 30.2. The quantitative estimate of drug-likeness (QED) is 0.234. The Labute approximate surface area is 254 Å². The minimum atomic E-state index is -4.42. The summed E-state index contributed by atoms with van der Waals surface area (Å²) in [6.07, 6.45) is 5.21. The maximum atomic E-state index is 14.1. The van der Waals surface area contributed by atoms with Crippen LogP contribution in [0.4, 0.5) is 5.69 Å². The number of aliphatic carboxylic acids is 1. The average molecular weight is 633 g/mol. The van der Waals surface area contributed by atoms with Crippen LogP contribution in [0.15, 0.2) is 71.9 Å². The van der Waals surface area contributed by atoms with E-state index in [1.165, 1.54) is 18.2 Å². The number of hydrogen-bond acceptors (Lipinski definition) is 6. The highest BCUT2D eigenvalue weighted by Crippen LogP contribution is 2.37. The minimum Gasteiger partial charge on any atom is -0.490 e. The van der Waals surface area contributed by atoms with Gasteiger partial charge in [-0.25, -0.2) is 18.2 Å². The van der Waals surface area contributed by atoms with Gasteiger partial charge in [0.2, 0.25) is 0 Å². The molecule has 2 aromatic carbocycles. The van der Waals surface area contributed by atoms with Gasteiger partial charge in [0.1, 0.15) is 23.7 Å². The fourth-order valence-electron chi connectivity index (χ4n) is 5.10. The molecular formula is C30H31Cl2N3O6S. The van der Waals surface area contributed by atoms with E-state index in [2.05, 4.69) is 4.98 Å². The van der Waals surface area contributed by atoms with Gasteiger partial charge in [0.25, 0.3) is 10.0 Å². The maximum absolute atomic E-state index is 14.1. The van der Waals surface area contributed by atoms with E-state index in [-0.39, 0.29) is 26.7 Å². The Bertz CT molecular complexity index is 1710. The summed E-state index contributed by atoms with van der Waals surface area (Å²) >= 11 is 12.3. The molecule has 0 aliphatic carbocycles. The van der Waals surface area contributed by atoms with Crippen molar-refractivity contribution in [2.45, 2.75) is 50.7 Å². The van der Waals surface area contributed by atoms with Gasteiger partial charge in [-0.3, -0.25) is 4.31 Å². The minimum absolute atomic E-state index is 0.0743. The van der Waals surface area contributed by atoms with Crippen LogP contribution < -0.4 is 9.04 Å². The standard InChI is InChI=1S/C30H31Cl2N3O6S/c1-30(2,3)28(29(36)37)35(42(38,39)25-16-20(31)15-21(32)17-25)22-4-5-26-19(14-22)7-11-34(26)27-18-24(6-10-33-27)41-23-8-12-40-13-9-23/h4-7,10-11,14-18,23,28H,8-9,12-13H2,1-3H3,(H,36,37). The van der Waals surface area contributed by atoms with E-state index in [1.807, 2.05) is 29.0 Å². The molecule has 222 valence electrons. The average Bonchev–Trinajstić information content (AvgIpc) is 3.34. The van der Waals surface area contributed by atoms with E-state index < -0.39 is 27.4 Å². The number of carbonyl (C=O) groups is 1. The van der Waals surface area contributed by atoms with Crippen LogP contribution in [0.2, 0.25) is 10.0 Å². The van der Waals surface area contributed by atoms with Crippen molar-refractivity contribution in [3.63, 3.8) is 0 Å². The van der Waals surface area contributed by atoms with Crippen molar-refractivity contribution in [2.24, 2.45) is 5.41 Å². The number of carboxylic acids is 1. The number of rotatable bonds is 8. The van der Waals surface area contributed by atoms with Crippen LogP contribution in [0.3, 0.4) is 0 Å². The second-order valence-electron chi connectivity index (χ2n) is 11.2. The van der Waals surface area contributed by atoms with Crippen LogP contribution >= 0.6 is 23.2 Å². The Balaban J connectivity index is 1.58. The molecule has 0 bridgehead atoms. The molecule has 1 unspecified atom stereocenters. The Morgan fingerprint density at radius 3 is 2.40 bits per heavy atom.